The average Bonchev–Trinajstić information content (AvgIpc) is 3.00. The lowest BCUT2D eigenvalue weighted by Gasteiger charge is -2.29. The molecule has 4 aromatic rings. The smallest absolute Gasteiger partial charge is 0.256 e. The molecule has 3 heterocycles. The molecule has 1 atom stereocenters. The third kappa shape index (κ3) is 5.49. The molecule has 184 valence electrons. The molecule has 0 fully saturated rings. The summed E-state index contributed by atoms with van der Waals surface area (Å²) in [5, 5.41) is 6.04. The van der Waals surface area contributed by atoms with E-state index in [-0.39, 0.29) is 24.3 Å². The minimum absolute atomic E-state index is 0.173. The number of amides is 3. The number of carbonyl (C=O) groups is 3. The highest BCUT2D eigenvalue weighted by Gasteiger charge is 2.35. The van der Waals surface area contributed by atoms with Crippen molar-refractivity contribution in [3.8, 4) is 0 Å². The van der Waals surface area contributed by atoms with E-state index in [9.17, 15) is 14.4 Å². The molecule has 8 nitrogen and oxygen atoms in total. The number of nitrogens with one attached hydrogen (secondary N) is 2. The Morgan fingerprint density at radius 3 is 2.46 bits per heavy atom. The van der Waals surface area contributed by atoms with Gasteiger partial charge in [0.05, 0.1) is 11.3 Å². The molecular formula is C28H22ClN5O3. The molecule has 0 saturated carbocycles. The second kappa shape index (κ2) is 10.6. The Kier molecular flexibility index (Phi) is 6.91. The maximum atomic E-state index is 13.7. The van der Waals surface area contributed by atoms with Crippen LogP contribution in [0.4, 0.5) is 11.5 Å². The van der Waals surface area contributed by atoms with Gasteiger partial charge in [-0.05, 0) is 65.7 Å². The number of halogens is 1. The standard InChI is InChI=1S/C28H22ClN5O3/c29-21-8-9-22-23(16-21)32-27(36)24(15-18-10-13-30-14-11-18)34(28(22)37)17-19-4-6-20(7-5-19)26(35)33-25-3-1-2-12-31-25/h1-14,16,24H,15,17H2,(H,32,36)(H,31,33,35). The van der Waals surface area contributed by atoms with Crippen LogP contribution < -0.4 is 10.6 Å². The van der Waals surface area contributed by atoms with E-state index in [1.165, 1.54) is 0 Å². The van der Waals surface area contributed by atoms with Gasteiger partial charge in [0.1, 0.15) is 11.9 Å². The minimum Gasteiger partial charge on any atom is -0.323 e. The van der Waals surface area contributed by atoms with Crippen LogP contribution in [0.25, 0.3) is 0 Å². The van der Waals surface area contributed by atoms with Crippen molar-refractivity contribution in [1.29, 1.82) is 0 Å². The van der Waals surface area contributed by atoms with E-state index in [4.69, 9.17) is 11.6 Å². The molecule has 2 aromatic heterocycles. The van der Waals surface area contributed by atoms with Crippen molar-refractivity contribution < 1.29 is 14.4 Å². The van der Waals surface area contributed by atoms with Crippen molar-refractivity contribution >= 4 is 40.8 Å². The number of hydrogen-bond donors (Lipinski definition) is 2. The van der Waals surface area contributed by atoms with Gasteiger partial charge in [-0.25, -0.2) is 4.98 Å². The lowest BCUT2D eigenvalue weighted by atomic mass is 10.0. The highest BCUT2D eigenvalue weighted by molar-refractivity contribution is 6.31. The molecular weight excluding hydrogens is 490 g/mol. The topological polar surface area (TPSA) is 104 Å². The van der Waals surface area contributed by atoms with Gasteiger partial charge in [-0.1, -0.05) is 29.8 Å². The molecule has 0 bridgehead atoms. The molecule has 0 aliphatic carbocycles. The van der Waals surface area contributed by atoms with Gasteiger partial charge >= 0.3 is 0 Å². The fraction of sp³-hybridized carbons (Fsp3) is 0.107. The number of rotatable bonds is 6. The lowest BCUT2D eigenvalue weighted by molar-refractivity contribution is -0.120. The number of aromatic nitrogens is 2. The zero-order chi connectivity index (χ0) is 25.8. The van der Waals surface area contributed by atoms with E-state index in [1.54, 1.807) is 84.2 Å². The first-order valence-electron chi connectivity index (χ1n) is 11.6. The summed E-state index contributed by atoms with van der Waals surface area (Å²) in [7, 11) is 0. The summed E-state index contributed by atoms with van der Waals surface area (Å²) in [5.41, 5.74) is 2.83. The zero-order valence-electron chi connectivity index (χ0n) is 19.6. The van der Waals surface area contributed by atoms with Gasteiger partial charge < -0.3 is 15.5 Å². The Labute approximate surface area is 218 Å². The van der Waals surface area contributed by atoms with Crippen molar-refractivity contribution in [2.45, 2.75) is 19.0 Å². The molecule has 0 radical (unpaired) electrons. The van der Waals surface area contributed by atoms with Crippen LogP contribution in [-0.4, -0.2) is 38.6 Å². The Morgan fingerprint density at radius 1 is 0.946 bits per heavy atom. The summed E-state index contributed by atoms with van der Waals surface area (Å²) in [5.74, 6) is -0.439. The first-order chi connectivity index (χ1) is 18.0. The highest BCUT2D eigenvalue weighted by atomic mass is 35.5. The van der Waals surface area contributed by atoms with Gasteiger partial charge in [-0.15, -0.1) is 0 Å². The quantitative estimate of drug-likeness (QED) is 0.394. The van der Waals surface area contributed by atoms with Gasteiger partial charge in [0.25, 0.3) is 11.8 Å². The number of hydrogen-bond acceptors (Lipinski definition) is 5. The maximum absolute atomic E-state index is 13.7. The first kappa shape index (κ1) is 24.1. The number of carbonyl (C=O) groups excluding carboxylic acids is 3. The van der Waals surface area contributed by atoms with Crippen molar-refractivity contribution in [2.24, 2.45) is 0 Å². The number of nitrogens with zero attached hydrogens (tertiary/aromatic N) is 3. The number of pyridine rings is 2. The average molecular weight is 512 g/mol. The van der Waals surface area contributed by atoms with Crippen molar-refractivity contribution in [2.75, 3.05) is 10.6 Å². The second-order valence-electron chi connectivity index (χ2n) is 8.55. The SMILES string of the molecule is O=C(Nc1ccccn1)c1ccc(CN2C(=O)c3ccc(Cl)cc3NC(=O)C2Cc2ccncc2)cc1. The van der Waals surface area contributed by atoms with E-state index in [1.807, 2.05) is 12.1 Å². The molecule has 5 rings (SSSR count). The van der Waals surface area contributed by atoms with Crippen LogP contribution in [0.5, 0.6) is 0 Å². The minimum atomic E-state index is -0.770. The van der Waals surface area contributed by atoms with Gasteiger partial charge in [0, 0.05) is 42.1 Å². The summed E-state index contributed by atoms with van der Waals surface area (Å²) in [6.07, 6.45) is 5.21. The van der Waals surface area contributed by atoms with Crippen LogP contribution in [-0.2, 0) is 17.8 Å². The molecule has 3 amide bonds. The van der Waals surface area contributed by atoms with Crippen LogP contribution >= 0.6 is 11.6 Å². The predicted molar refractivity (Wildman–Crippen MR) is 140 cm³/mol. The van der Waals surface area contributed by atoms with Crippen molar-refractivity contribution in [1.82, 2.24) is 14.9 Å². The molecule has 1 unspecified atom stereocenters. The van der Waals surface area contributed by atoms with Crippen molar-refractivity contribution in [3.05, 3.63) is 119 Å². The maximum Gasteiger partial charge on any atom is 0.256 e. The zero-order valence-corrected chi connectivity index (χ0v) is 20.4. The monoisotopic (exact) mass is 511 g/mol. The van der Waals surface area contributed by atoms with Gasteiger partial charge in [0.2, 0.25) is 5.91 Å². The lowest BCUT2D eigenvalue weighted by Crippen LogP contribution is -2.46. The van der Waals surface area contributed by atoms with Gasteiger partial charge in [0.15, 0.2) is 0 Å². The summed E-state index contributed by atoms with van der Waals surface area (Å²) < 4.78 is 0. The summed E-state index contributed by atoms with van der Waals surface area (Å²) >= 11 is 6.13. The van der Waals surface area contributed by atoms with Crippen LogP contribution in [0.1, 0.15) is 31.8 Å². The van der Waals surface area contributed by atoms with E-state index in [0.29, 0.717) is 34.1 Å². The number of anilines is 2. The fourth-order valence-corrected chi connectivity index (χ4v) is 4.34. The molecule has 2 aromatic carbocycles. The van der Waals surface area contributed by atoms with Gasteiger partial charge in [-0.3, -0.25) is 19.4 Å². The summed E-state index contributed by atoms with van der Waals surface area (Å²) in [6, 6.07) is 19.9. The number of benzene rings is 2. The molecule has 0 spiro atoms. The molecule has 2 N–H and O–H groups in total. The van der Waals surface area contributed by atoms with Crippen LogP contribution in [0.15, 0.2) is 91.4 Å². The van der Waals surface area contributed by atoms with E-state index < -0.39 is 6.04 Å². The van der Waals surface area contributed by atoms with Crippen LogP contribution in [0.2, 0.25) is 5.02 Å². The second-order valence-corrected chi connectivity index (χ2v) is 8.99. The Morgan fingerprint density at radius 2 is 1.73 bits per heavy atom. The molecule has 0 saturated heterocycles. The summed E-state index contributed by atoms with van der Waals surface area (Å²) in [4.78, 5) is 49.3. The van der Waals surface area contributed by atoms with E-state index in [0.717, 1.165) is 11.1 Å². The molecule has 1 aliphatic heterocycles. The first-order valence-corrected chi connectivity index (χ1v) is 12.0. The third-order valence-electron chi connectivity index (χ3n) is 6.06. The molecule has 37 heavy (non-hydrogen) atoms. The van der Waals surface area contributed by atoms with E-state index in [2.05, 4.69) is 20.6 Å². The third-order valence-corrected chi connectivity index (χ3v) is 6.30. The predicted octanol–water partition coefficient (Wildman–Crippen LogP) is 4.59. The number of fused-ring (bicyclic) bond motifs is 1. The Hall–Kier alpha value is -4.56. The molecule has 1 aliphatic rings. The van der Waals surface area contributed by atoms with Crippen molar-refractivity contribution in [3.63, 3.8) is 0 Å². The highest BCUT2D eigenvalue weighted by Crippen LogP contribution is 2.29. The molecule has 9 heteroatoms. The van der Waals surface area contributed by atoms with Crippen LogP contribution in [0, 0.1) is 0 Å². The van der Waals surface area contributed by atoms with E-state index >= 15 is 0 Å². The summed E-state index contributed by atoms with van der Waals surface area (Å²) in [6.45, 7) is 0.173. The van der Waals surface area contributed by atoms with Gasteiger partial charge in [-0.2, -0.15) is 0 Å². The Balaban J connectivity index is 1.42. The Bertz CT molecular complexity index is 1450. The largest absolute Gasteiger partial charge is 0.323 e. The fourth-order valence-electron chi connectivity index (χ4n) is 4.17. The normalized spacial score (nSPS) is 14.9. The van der Waals surface area contributed by atoms with Crippen LogP contribution in [0.3, 0.4) is 0 Å².